The molecule has 0 aliphatic carbocycles. The minimum atomic E-state index is -0.947. The maximum atomic E-state index is 13.4. The van der Waals surface area contributed by atoms with E-state index in [1.54, 1.807) is 17.9 Å². The second-order valence-corrected chi connectivity index (χ2v) is 5.73. The molecule has 26 heavy (non-hydrogen) atoms. The molecular formula is C18H19F2N3O3. The fraction of sp³-hybridized carbons (Fsp3) is 0.278. The Kier molecular flexibility index (Phi) is 6.21. The third-order valence-electron chi connectivity index (χ3n) is 3.96. The van der Waals surface area contributed by atoms with E-state index in [4.69, 9.17) is 0 Å². The van der Waals surface area contributed by atoms with Gasteiger partial charge >= 0.3 is 0 Å². The van der Waals surface area contributed by atoms with Crippen LogP contribution in [0.15, 0.2) is 36.4 Å². The van der Waals surface area contributed by atoms with Crippen LogP contribution < -0.4 is 10.2 Å². The number of nitro groups is 1. The third kappa shape index (κ3) is 4.75. The molecule has 0 bridgehead atoms. The van der Waals surface area contributed by atoms with Crippen molar-refractivity contribution in [2.45, 2.75) is 20.3 Å². The smallest absolute Gasteiger partial charge is 0.271 e. The van der Waals surface area contributed by atoms with Crippen LogP contribution in [-0.4, -0.2) is 23.9 Å². The molecule has 0 aliphatic heterocycles. The fourth-order valence-corrected chi connectivity index (χ4v) is 2.46. The molecule has 2 aromatic rings. The van der Waals surface area contributed by atoms with Crippen LogP contribution in [0, 0.1) is 28.7 Å². The highest BCUT2D eigenvalue weighted by Crippen LogP contribution is 2.22. The summed E-state index contributed by atoms with van der Waals surface area (Å²) in [5.41, 5.74) is 1.45. The number of hydrogen-bond acceptors (Lipinski definition) is 4. The summed E-state index contributed by atoms with van der Waals surface area (Å²) in [6, 6.07) is 7.81. The summed E-state index contributed by atoms with van der Waals surface area (Å²) in [6.45, 7) is 4.37. The van der Waals surface area contributed by atoms with Crippen LogP contribution in [0.25, 0.3) is 0 Å². The monoisotopic (exact) mass is 363 g/mol. The molecule has 1 amide bonds. The van der Waals surface area contributed by atoms with Gasteiger partial charge in [-0.05, 0) is 31.5 Å². The third-order valence-corrected chi connectivity index (χ3v) is 3.96. The summed E-state index contributed by atoms with van der Waals surface area (Å²) in [7, 11) is 0. The molecule has 8 heteroatoms. The Labute approximate surface area is 149 Å². The molecule has 2 aromatic carbocycles. The zero-order valence-corrected chi connectivity index (χ0v) is 14.5. The van der Waals surface area contributed by atoms with Gasteiger partial charge < -0.3 is 10.2 Å². The van der Waals surface area contributed by atoms with Gasteiger partial charge in [0.2, 0.25) is 5.91 Å². The number of anilines is 2. The van der Waals surface area contributed by atoms with Crippen LogP contribution in [0.1, 0.15) is 18.9 Å². The van der Waals surface area contributed by atoms with Gasteiger partial charge in [0.1, 0.15) is 0 Å². The second-order valence-electron chi connectivity index (χ2n) is 5.73. The Bertz CT molecular complexity index is 827. The minimum absolute atomic E-state index is 0.0922. The Hall–Kier alpha value is -3.03. The van der Waals surface area contributed by atoms with Crippen molar-refractivity contribution in [1.29, 1.82) is 0 Å². The van der Waals surface area contributed by atoms with Gasteiger partial charge in [0.15, 0.2) is 11.6 Å². The Morgan fingerprint density at radius 1 is 1.19 bits per heavy atom. The van der Waals surface area contributed by atoms with Gasteiger partial charge in [-0.1, -0.05) is 6.07 Å². The molecular weight excluding hydrogens is 344 g/mol. The van der Waals surface area contributed by atoms with Crippen molar-refractivity contribution in [3.8, 4) is 0 Å². The van der Waals surface area contributed by atoms with E-state index in [9.17, 15) is 23.7 Å². The Morgan fingerprint density at radius 3 is 2.54 bits per heavy atom. The van der Waals surface area contributed by atoms with Gasteiger partial charge in [0.05, 0.1) is 10.6 Å². The first kappa shape index (κ1) is 19.3. The Balaban J connectivity index is 2.02. The number of aryl methyl sites for hydroxylation is 1. The molecule has 0 aliphatic rings. The zero-order valence-electron chi connectivity index (χ0n) is 14.5. The van der Waals surface area contributed by atoms with E-state index in [0.29, 0.717) is 30.0 Å². The molecule has 6 nitrogen and oxygen atoms in total. The number of nitrogens with zero attached hydrogens (tertiary/aromatic N) is 2. The summed E-state index contributed by atoms with van der Waals surface area (Å²) in [4.78, 5) is 24.2. The van der Waals surface area contributed by atoms with E-state index in [0.717, 1.165) is 12.1 Å². The standard InChI is InChI=1S/C18H19F2N3O3/c1-3-22(13-6-7-15(19)16(20)10-13)9-8-18(24)21-17-11-14(23(25)26)5-4-12(17)2/h4-7,10-11H,3,8-9H2,1-2H3,(H,21,24). The molecule has 0 atom stereocenters. The molecule has 0 aromatic heterocycles. The summed E-state index contributed by atoms with van der Waals surface area (Å²) >= 11 is 0. The van der Waals surface area contributed by atoms with Gasteiger partial charge in [0.25, 0.3) is 5.69 Å². The van der Waals surface area contributed by atoms with E-state index in [1.807, 2.05) is 6.92 Å². The fourth-order valence-electron chi connectivity index (χ4n) is 2.46. The van der Waals surface area contributed by atoms with Gasteiger partial charge in [-0.15, -0.1) is 0 Å². The van der Waals surface area contributed by atoms with Crippen LogP contribution in [0.5, 0.6) is 0 Å². The van der Waals surface area contributed by atoms with Crippen molar-refractivity contribution in [1.82, 2.24) is 0 Å². The highest BCUT2D eigenvalue weighted by Gasteiger charge is 2.13. The van der Waals surface area contributed by atoms with Crippen molar-refractivity contribution >= 4 is 23.0 Å². The number of amides is 1. The SMILES string of the molecule is CCN(CCC(=O)Nc1cc([N+](=O)[O-])ccc1C)c1ccc(F)c(F)c1. The summed E-state index contributed by atoms with van der Waals surface area (Å²) in [6.07, 6.45) is 0.0922. The maximum absolute atomic E-state index is 13.4. The predicted octanol–water partition coefficient (Wildman–Crippen LogP) is 4.04. The number of non-ortho nitro benzene ring substituents is 1. The molecule has 0 unspecified atom stereocenters. The molecule has 0 saturated carbocycles. The summed E-state index contributed by atoms with van der Waals surface area (Å²) < 4.78 is 26.4. The van der Waals surface area contributed by atoms with E-state index in [2.05, 4.69) is 5.32 Å². The van der Waals surface area contributed by atoms with Crippen molar-refractivity contribution in [3.63, 3.8) is 0 Å². The first-order chi connectivity index (χ1) is 12.3. The topological polar surface area (TPSA) is 75.5 Å². The van der Waals surface area contributed by atoms with Crippen LogP contribution in [0.2, 0.25) is 0 Å². The number of rotatable bonds is 7. The van der Waals surface area contributed by atoms with Gasteiger partial charge in [-0.3, -0.25) is 14.9 Å². The number of nitro benzene ring substituents is 1. The first-order valence-electron chi connectivity index (χ1n) is 8.06. The number of carbonyl (C=O) groups excluding carboxylic acids is 1. The number of carbonyl (C=O) groups is 1. The number of benzene rings is 2. The van der Waals surface area contributed by atoms with E-state index in [1.165, 1.54) is 18.2 Å². The largest absolute Gasteiger partial charge is 0.371 e. The van der Waals surface area contributed by atoms with Gasteiger partial charge in [-0.2, -0.15) is 0 Å². The predicted molar refractivity (Wildman–Crippen MR) is 95.3 cm³/mol. The second kappa shape index (κ2) is 8.37. The van der Waals surface area contributed by atoms with Crippen molar-refractivity contribution < 1.29 is 18.5 Å². The van der Waals surface area contributed by atoms with Crippen molar-refractivity contribution in [3.05, 3.63) is 63.7 Å². The highest BCUT2D eigenvalue weighted by atomic mass is 19.2. The van der Waals surface area contributed by atoms with Gasteiger partial charge in [0, 0.05) is 43.4 Å². The average Bonchev–Trinajstić information content (AvgIpc) is 2.60. The first-order valence-corrected chi connectivity index (χ1v) is 8.06. The number of nitrogens with one attached hydrogen (secondary N) is 1. The molecule has 138 valence electrons. The highest BCUT2D eigenvalue weighted by molar-refractivity contribution is 5.92. The summed E-state index contributed by atoms with van der Waals surface area (Å²) in [5.74, 6) is -2.20. The normalized spacial score (nSPS) is 10.5. The lowest BCUT2D eigenvalue weighted by Gasteiger charge is -2.23. The lowest BCUT2D eigenvalue weighted by atomic mass is 10.1. The molecule has 0 radical (unpaired) electrons. The zero-order chi connectivity index (χ0) is 19.3. The van der Waals surface area contributed by atoms with Crippen molar-refractivity contribution in [2.24, 2.45) is 0 Å². The molecule has 2 rings (SSSR count). The number of halogens is 2. The average molecular weight is 363 g/mol. The van der Waals surface area contributed by atoms with E-state index >= 15 is 0 Å². The number of hydrogen-bond donors (Lipinski definition) is 1. The molecule has 0 spiro atoms. The van der Waals surface area contributed by atoms with E-state index < -0.39 is 16.6 Å². The van der Waals surface area contributed by atoms with Crippen LogP contribution in [0.4, 0.5) is 25.8 Å². The van der Waals surface area contributed by atoms with Crippen LogP contribution in [-0.2, 0) is 4.79 Å². The lowest BCUT2D eigenvalue weighted by molar-refractivity contribution is -0.384. The minimum Gasteiger partial charge on any atom is -0.371 e. The molecule has 0 fully saturated rings. The Morgan fingerprint density at radius 2 is 1.92 bits per heavy atom. The van der Waals surface area contributed by atoms with Crippen molar-refractivity contribution in [2.75, 3.05) is 23.3 Å². The van der Waals surface area contributed by atoms with Crippen LogP contribution in [0.3, 0.4) is 0 Å². The van der Waals surface area contributed by atoms with Crippen LogP contribution >= 0.6 is 0 Å². The molecule has 1 N–H and O–H groups in total. The molecule has 0 heterocycles. The van der Waals surface area contributed by atoms with Gasteiger partial charge in [-0.25, -0.2) is 8.78 Å². The maximum Gasteiger partial charge on any atom is 0.271 e. The lowest BCUT2D eigenvalue weighted by Crippen LogP contribution is -2.27. The summed E-state index contributed by atoms with van der Waals surface area (Å²) in [5, 5.41) is 13.5. The van der Waals surface area contributed by atoms with E-state index in [-0.39, 0.29) is 18.0 Å². The molecule has 0 saturated heterocycles. The quantitative estimate of drug-likeness (QED) is 0.595.